The normalized spacial score (nSPS) is 23.5. The van der Waals surface area contributed by atoms with Crippen molar-refractivity contribution in [3.8, 4) is 0 Å². The van der Waals surface area contributed by atoms with Crippen LogP contribution in [0.1, 0.15) is 25.7 Å². The number of benzene rings is 1. The van der Waals surface area contributed by atoms with Crippen molar-refractivity contribution in [2.45, 2.75) is 42.7 Å². The first-order chi connectivity index (χ1) is 9.44. The van der Waals surface area contributed by atoms with E-state index in [-0.39, 0.29) is 17.0 Å². The minimum Gasteiger partial charge on any atom is -0.397 e. The molecule has 0 aliphatic heterocycles. The van der Waals surface area contributed by atoms with Crippen molar-refractivity contribution in [3.63, 3.8) is 0 Å². The fraction of sp³-hybridized carbons (Fsp3) is 0.538. The molecule has 0 saturated heterocycles. The second-order valence-electron chi connectivity index (χ2n) is 5.06. The second kappa shape index (κ2) is 5.99. The summed E-state index contributed by atoms with van der Waals surface area (Å²) in [6.07, 6.45) is 3.39. The minimum atomic E-state index is -3.49. The third-order valence-corrected chi connectivity index (χ3v) is 5.08. The molecule has 1 aliphatic rings. The molecule has 2 rings (SSSR count). The number of hydrogen-bond donors (Lipinski definition) is 4. The maximum atomic E-state index is 11.7. The van der Waals surface area contributed by atoms with Gasteiger partial charge in [0.25, 0.3) is 0 Å². The molecule has 0 heterocycles. The summed E-state index contributed by atoms with van der Waals surface area (Å²) in [4.78, 5) is 0.132. The lowest BCUT2D eigenvalue weighted by atomic mass is 9.92. The lowest BCUT2D eigenvalue weighted by molar-refractivity contribution is 0.116. The monoisotopic (exact) mass is 299 g/mol. The Bertz CT molecular complexity index is 574. The third kappa shape index (κ3) is 3.23. The zero-order valence-corrected chi connectivity index (χ0v) is 12.3. The van der Waals surface area contributed by atoms with Gasteiger partial charge in [0.2, 0.25) is 10.0 Å². The van der Waals surface area contributed by atoms with Crippen molar-refractivity contribution >= 4 is 21.4 Å². The first-order valence-corrected chi connectivity index (χ1v) is 8.20. The van der Waals surface area contributed by atoms with Gasteiger partial charge in [-0.1, -0.05) is 12.8 Å². The Hall–Kier alpha value is -1.31. The third-order valence-electron chi connectivity index (χ3n) is 3.67. The van der Waals surface area contributed by atoms with Crippen molar-refractivity contribution in [1.82, 2.24) is 4.72 Å². The second-order valence-corrected chi connectivity index (χ2v) is 6.95. The first kappa shape index (κ1) is 15.1. The number of nitrogen functional groups attached to an aromatic ring is 1. The van der Waals surface area contributed by atoms with E-state index in [9.17, 15) is 13.5 Å². The van der Waals surface area contributed by atoms with Crippen LogP contribution >= 0.6 is 0 Å². The number of sulfonamides is 1. The minimum absolute atomic E-state index is 0.0298. The molecule has 5 N–H and O–H groups in total. The van der Waals surface area contributed by atoms with Gasteiger partial charge in [0.1, 0.15) is 0 Å². The smallest absolute Gasteiger partial charge is 0.240 e. The standard InChI is InChI=1S/C13H21N3O3S/c1-15-20(18,19)9-6-7-11(10(14)8-9)16-12-4-2-3-5-13(12)17/h6-8,12-13,15-17H,2-5,14H2,1H3. The van der Waals surface area contributed by atoms with Gasteiger partial charge >= 0.3 is 0 Å². The van der Waals surface area contributed by atoms with Crippen LogP contribution in [0.15, 0.2) is 23.1 Å². The summed E-state index contributed by atoms with van der Waals surface area (Å²) in [5, 5.41) is 13.1. The summed E-state index contributed by atoms with van der Waals surface area (Å²) in [6.45, 7) is 0. The average molecular weight is 299 g/mol. The molecule has 0 aromatic heterocycles. The highest BCUT2D eigenvalue weighted by Crippen LogP contribution is 2.27. The molecule has 6 nitrogen and oxygen atoms in total. The molecule has 1 aromatic rings. The molecule has 1 fully saturated rings. The predicted molar refractivity (Wildman–Crippen MR) is 79.0 cm³/mol. The Morgan fingerprint density at radius 2 is 2.00 bits per heavy atom. The summed E-state index contributed by atoms with van der Waals surface area (Å²) in [6, 6.07) is 4.53. The van der Waals surface area contributed by atoms with Gasteiger partial charge in [0.05, 0.1) is 28.4 Å². The van der Waals surface area contributed by atoms with E-state index in [4.69, 9.17) is 5.73 Å². The maximum absolute atomic E-state index is 11.7. The van der Waals surface area contributed by atoms with E-state index in [1.165, 1.54) is 19.2 Å². The Kier molecular flexibility index (Phi) is 4.52. The van der Waals surface area contributed by atoms with Gasteiger partial charge in [-0.05, 0) is 38.1 Å². The summed E-state index contributed by atoms with van der Waals surface area (Å²) in [5.41, 5.74) is 6.92. The Morgan fingerprint density at radius 3 is 2.60 bits per heavy atom. The van der Waals surface area contributed by atoms with E-state index in [2.05, 4.69) is 10.0 Å². The van der Waals surface area contributed by atoms with Crippen LogP contribution in [0.2, 0.25) is 0 Å². The average Bonchev–Trinajstić information content (AvgIpc) is 2.43. The van der Waals surface area contributed by atoms with Crippen LogP contribution in [0.5, 0.6) is 0 Å². The molecule has 1 saturated carbocycles. The molecule has 0 bridgehead atoms. The Balaban J connectivity index is 2.18. The molecule has 2 atom stereocenters. The molecule has 20 heavy (non-hydrogen) atoms. The van der Waals surface area contributed by atoms with Gasteiger partial charge < -0.3 is 16.2 Å². The molecular formula is C13H21N3O3S. The Labute approximate surface area is 119 Å². The van der Waals surface area contributed by atoms with Crippen LogP contribution < -0.4 is 15.8 Å². The molecule has 1 aromatic carbocycles. The number of anilines is 2. The quantitative estimate of drug-likeness (QED) is 0.618. The lowest BCUT2D eigenvalue weighted by Gasteiger charge is -2.29. The predicted octanol–water partition coefficient (Wildman–Crippen LogP) is 0.892. The Morgan fingerprint density at radius 1 is 1.30 bits per heavy atom. The molecule has 0 radical (unpaired) electrons. The summed E-state index contributed by atoms with van der Waals surface area (Å²) >= 11 is 0. The van der Waals surface area contributed by atoms with Gasteiger partial charge in [0, 0.05) is 0 Å². The number of nitrogens with one attached hydrogen (secondary N) is 2. The van der Waals surface area contributed by atoms with Crippen LogP contribution in [0.3, 0.4) is 0 Å². The summed E-state index contributed by atoms with van der Waals surface area (Å²) in [5.74, 6) is 0. The van der Waals surface area contributed by atoms with Crippen molar-refractivity contribution in [3.05, 3.63) is 18.2 Å². The highest BCUT2D eigenvalue weighted by molar-refractivity contribution is 7.89. The van der Waals surface area contributed by atoms with Gasteiger partial charge in [-0.3, -0.25) is 0 Å². The van der Waals surface area contributed by atoms with Crippen molar-refractivity contribution in [1.29, 1.82) is 0 Å². The fourth-order valence-electron chi connectivity index (χ4n) is 2.44. The van der Waals surface area contributed by atoms with Crippen molar-refractivity contribution in [2.75, 3.05) is 18.1 Å². The molecule has 0 spiro atoms. The zero-order valence-electron chi connectivity index (χ0n) is 11.5. The van der Waals surface area contributed by atoms with Crippen LogP contribution in [0.4, 0.5) is 11.4 Å². The topological polar surface area (TPSA) is 104 Å². The number of rotatable bonds is 4. The van der Waals surface area contributed by atoms with E-state index in [0.717, 1.165) is 25.7 Å². The highest BCUT2D eigenvalue weighted by atomic mass is 32.2. The van der Waals surface area contributed by atoms with Gasteiger partial charge in [0.15, 0.2) is 0 Å². The number of hydrogen-bond acceptors (Lipinski definition) is 5. The number of aliphatic hydroxyl groups is 1. The van der Waals surface area contributed by atoms with Gasteiger partial charge in [-0.15, -0.1) is 0 Å². The fourth-order valence-corrected chi connectivity index (χ4v) is 3.20. The van der Waals surface area contributed by atoms with E-state index >= 15 is 0 Å². The SMILES string of the molecule is CNS(=O)(=O)c1ccc(NC2CCCCC2O)c(N)c1. The number of aliphatic hydroxyl groups excluding tert-OH is 1. The van der Waals surface area contributed by atoms with Crippen LogP contribution in [0, 0.1) is 0 Å². The largest absolute Gasteiger partial charge is 0.397 e. The van der Waals surface area contributed by atoms with Crippen LogP contribution in [-0.4, -0.2) is 32.7 Å². The van der Waals surface area contributed by atoms with E-state index in [0.29, 0.717) is 11.4 Å². The zero-order chi connectivity index (χ0) is 14.8. The maximum Gasteiger partial charge on any atom is 0.240 e. The number of nitrogens with two attached hydrogens (primary N) is 1. The molecule has 0 amide bonds. The molecule has 7 heteroatoms. The molecule has 2 unspecified atom stereocenters. The van der Waals surface area contributed by atoms with E-state index in [1.807, 2.05) is 0 Å². The lowest BCUT2D eigenvalue weighted by Crippen LogP contribution is -2.36. The van der Waals surface area contributed by atoms with Crippen molar-refractivity contribution < 1.29 is 13.5 Å². The summed E-state index contributed by atoms with van der Waals surface area (Å²) < 4.78 is 25.6. The summed E-state index contributed by atoms with van der Waals surface area (Å²) in [7, 11) is -2.13. The van der Waals surface area contributed by atoms with Crippen molar-refractivity contribution in [2.24, 2.45) is 0 Å². The molecule has 1 aliphatic carbocycles. The van der Waals surface area contributed by atoms with Gasteiger partial charge in [-0.25, -0.2) is 13.1 Å². The van der Waals surface area contributed by atoms with E-state index in [1.54, 1.807) is 6.07 Å². The first-order valence-electron chi connectivity index (χ1n) is 6.71. The molecular weight excluding hydrogens is 278 g/mol. The van der Waals surface area contributed by atoms with Gasteiger partial charge in [-0.2, -0.15) is 0 Å². The van der Waals surface area contributed by atoms with Crippen LogP contribution in [-0.2, 0) is 10.0 Å². The van der Waals surface area contributed by atoms with Crippen LogP contribution in [0.25, 0.3) is 0 Å². The highest BCUT2D eigenvalue weighted by Gasteiger charge is 2.23. The van der Waals surface area contributed by atoms with E-state index < -0.39 is 10.0 Å². The molecule has 112 valence electrons.